The van der Waals surface area contributed by atoms with E-state index in [4.69, 9.17) is 4.74 Å². The van der Waals surface area contributed by atoms with Crippen LogP contribution in [0.15, 0.2) is 24.4 Å². The quantitative estimate of drug-likeness (QED) is 0.874. The van der Waals surface area contributed by atoms with Gasteiger partial charge >= 0.3 is 5.97 Å². The highest BCUT2D eigenvalue weighted by Gasteiger charge is 2.22. The summed E-state index contributed by atoms with van der Waals surface area (Å²) in [6.45, 7) is 1.18. The second-order valence-corrected chi connectivity index (χ2v) is 5.55. The summed E-state index contributed by atoms with van der Waals surface area (Å²) in [5, 5.41) is 1.13. The van der Waals surface area contributed by atoms with Crippen molar-refractivity contribution >= 4 is 16.9 Å². The number of carbonyl (C=O) groups is 1. The Labute approximate surface area is 118 Å². The van der Waals surface area contributed by atoms with E-state index in [-0.39, 0.29) is 5.97 Å². The third kappa shape index (κ3) is 2.31. The zero-order valence-corrected chi connectivity index (χ0v) is 12.0. The standard InChI is InChI=1S/C16H20N2O2/c1-18-7-3-4-13(18)8-12-10-17-15-6-5-11(9-14(12)15)16(19)20-2/h5-6,9-10,13,17H,3-4,7-8H2,1-2H3. The first-order chi connectivity index (χ1) is 9.69. The molecule has 1 aromatic heterocycles. The number of esters is 1. The van der Waals surface area contributed by atoms with Crippen LogP contribution in [0.1, 0.15) is 28.8 Å². The molecule has 0 aliphatic carbocycles. The number of H-pyrrole nitrogens is 1. The number of aromatic amines is 1. The molecule has 1 unspecified atom stereocenters. The van der Waals surface area contributed by atoms with Crippen LogP contribution in [0.4, 0.5) is 0 Å². The molecule has 106 valence electrons. The number of ether oxygens (including phenoxy) is 1. The van der Waals surface area contributed by atoms with Crippen LogP contribution in [0.2, 0.25) is 0 Å². The lowest BCUT2D eigenvalue weighted by molar-refractivity contribution is 0.0601. The van der Waals surface area contributed by atoms with E-state index in [1.165, 1.54) is 32.1 Å². The van der Waals surface area contributed by atoms with Gasteiger partial charge in [-0.05, 0) is 56.6 Å². The van der Waals surface area contributed by atoms with Crippen LogP contribution in [0.3, 0.4) is 0 Å². The Bertz CT molecular complexity index is 632. The molecule has 2 aromatic rings. The van der Waals surface area contributed by atoms with Crippen LogP contribution in [0.25, 0.3) is 10.9 Å². The van der Waals surface area contributed by atoms with Crippen LogP contribution in [-0.4, -0.2) is 42.6 Å². The molecule has 1 saturated heterocycles. The number of carbonyl (C=O) groups excluding carboxylic acids is 1. The summed E-state index contributed by atoms with van der Waals surface area (Å²) in [5.41, 5.74) is 2.97. The first-order valence-corrected chi connectivity index (χ1v) is 7.07. The zero-order valence-electron chi connectivity index (χ0n) is 12.0. The van der Waals surface area contributed by atoms with Gasteiger partial charge in [-0.3, -0.25) is 0 Å². The maximum atomic E-state index is 11.6. The van der Waals surface area contributed by atoms with Gasteiger partial charge in [0, 0.05) is 23.1 Å². The van der Waals surface area contributed by atoms with Gasteiger partial charge in [0.2, 0.25) is 0 Å². The van der Waals surface area contributed by atoms with Gasteiger partial charge in [0.25, 0.3) is 0 Å². The number of likely N-dealkylation sites (N-methyl/N-ethyl adjacent to an activating group) is 1. The number of methoxy groups -OCH3 is 1. The summed E-state index contributed by atoms with van der Waals surface area (Å²) >= 11 is 0. The molecule has 1 fully saturated rings. The van der Waals surface area contributed by atoms with Crippen molar-refractivity contribution in [2.24, 2.45) is 0 Å². The number of fused-ring (bicyclic) bond motifs is 1. The van der Waals surface area contributed by atoms with Crippen LogP contribution in [0.5, 0.6) is 0 Å². The number of nitrogens with zero attached hydrogens (tertiary/aromatic N) is 1. The first-order valence-electron chi connectivity index (χ1n) is 7.07. The number of hydrogen-bond acceptors (Lipinski definition) is 3. The zero-order chi connectivity index (χ0) is 14.1. The second kappa shape index (κ2) is 5.29. The molecule has 1 aliphatic heterocycles. The Balaban J connectivity index is 1.92. The molecule has 1 aromatic carbocycles. The molecule has 4 heteroatoms. The molecular formula is C16H20N2O2. The predicted molar refractivity (Wildman–Crippen MR) is 79.0 cm³/mol. The summed E-state index contributed by atoms with van der Waals surface area (Å²) in [6.07, 6.45) is 5.62. The Morgan fingerprint density at radius 3 is 3.05 bits per heavy atom. The van der Waals surface area contributed by atoms with E-state index < -0.39 is 0 Å². The van der Waals surface area contributed by atoms with Crippen LogP contribution < -0.4 is 0 Å². The molecule has 1 N–H and O–H groups in total. The largest absolute Gasteiger partial charge is 0.465 e. The minimum atomic E-state index is -0.281. The molecule has 1 atom stereocenters. The number of hydrogen-bond donors (Lipinski definition) is 1. The topological polar surface area (TPSA) is 45.3 Å². The van der Waals surface area contributed by atoms with Crippen LogP contribution >= 0.6 is 0 Å². The van der Waals surface area contributed by atoms with Gasteiger partial charge < -0.3 is 14.6 Å². The van der Waals surface area contributed by atoms with Crippen molar-refractivity contribution < 1.29 is 9.53 Å². The Kier molecular flexibility index (Phi) is 3.49. The lowest BCUT2D eigenvalue weighted by Gasteiger charge is -2.18. The van der Waals surface area contributed by atoms with Crippen molar-refractivity contribution in [1.82, 2.24) is 9.88 Å². The molecule has 3 rings (SSSR count). The molecule has 0 bridgehead atoms. The van der Waals surface area contributed by atoms with E-state index in [0.717, 1.165) is 17.3 Å². The molecule has 0 saturated carbocycles. The van der Waals surface area contributed by atoms with Gasteiger partial charge in [-0.15, -0.1) is 0 Å². The fourth-order valence-electron chi connectivity index (χ4n) is 3.08. The fraction of sp³-hybridized carbons (Fsp3) is 0.438. The van der Waals surface area contributed by atoms with Crippen molar-refractivity contribution in [3.05, 3.63) is 35.5 Å². The van der Waals surface area contributed by atoms with Crippen molar-refractivity contribution in [2.45, 2.75) is 25.3 Å². The van der Waals surface area contributed by atoms with E-state index >= 15 is 0 Å². The summed E-state index contributed by atoms with van der Waals surface area (Å²) in [6, 6.07) is 6.29. The second-order valence-electron chi connectivity index (χ2n) is 5.55. The highest BCUT2D eigenvalue weighted by Crippen LogP contribution is 2.25. The van der Waals surface area contributed by atoms with Gasteiger partial charge in [0.05, 0.1) is 12.7 Å². The molecule has 4 nitrogen and oxygen atoms in total. The first kappa shape index (κ1) is 13.2. The van der Waals surface area contributed by atoms with E-state index in [0.29, 0.717) is 11.6 Å². The maximum Gasteiger partial charge on any atom is 0.337 e. The molecule has 0 amide bonds. The molecule has 2 heterocycles. The molecular weight excluding hydrogens is 252 g/mol. The number of likely N-dealkylation sites (tertiary alicyclic amines) is 1. The van der Waals surface area contributed by atoms with Crippen molar-refractivity contribution in [1.29, 1.82) is 0 Å². The summed E-state index contributed by atoms with van der Waals surface area (Å²) < 4.78 is 4.79. The summed E-state index contributed by atoms with van der Waals surface area (Å²) in [4.78, 5) is 17.4. The predicted octanol–water partition coefficient (Wildman–Crippen LogP) is 2.59. The average molecular weight is 272 g/mol. The molecule has 0 radical (unpaired) electrons. The number of nitrogens with one attached hydrogen (secondary N) is 1. The van der Waals surface area contributed by atoms with E-state index in [2.05, 4.69) is 23.1 Å². The number of rotatable bonds is 3. The third-order valence-corrected chi connectivity index (χ3v) is 4.32. The van der Waals surface area contributed by atoms with Crippen LogP contribution in [-0.2, 0) is 11.2 Å². The lowest BCUT2D eigenvalue weighted by atomic mass is 10.0. The van der Waals surface area contributed by atoms with Gasteiger partial charge in [0.1, 0.15) is 0 Å². The maximum absolute atomic E-state index is 11.6. The third-order valence-electron chi connectivity index (χ3n) is 4.32. The fourth-order valence-corrected chi connectivity index (χ4v) is 3.08. The van der Waals surface area contributed by atoms with Crippen molar-refractivity contribution in [3.63, 3.8) is 0 Å². The Hall–Kier alpha value is -1.81. The van der Waals surface area contributed by atoms with E-state index in [1.807, 2.05) is 12.1 Å². The smallest absolute Gasteiger partial charge is 0.337 e. The summed E-state index contributed by atoms with van der Waals surface area (Å²) in [7, 11) is 3.60. The lowest BCUT2D eigenvalue weighted by Crippen LogP contribution is -2.26. The van der Waals surface area contributed by atoms with E-state index in [1.54, 1.807) is 6.07 Å². The normalized spacial score (nSPS) is 19.6. The molecule has 0 spiro atoms. The molecule has 1 aliphatic rings. The number of benzene rings is 1. The minimum absolute atomic E-state index is 0.281. The SMILES string of the molecule is COC(=O)c1ccc2[nH]cc(CC3CCCN3C)c2c1. The highest BCUT2D eigenvalue weighted by molar-refractivity contribution is 5.95. The highest BCUT2D eigenvalue weighted by atomic mass is 16.5. The van der Waals surface area contributed by atoms with E-state index in [9.17, 15) is 4.79 Å². The van der Waals surface area contributed by atoms with Gasteiger partial charge in [-0.25, -0.2) is 4.79 Å². The average Bonchev–Trinajstić information content (AvgIpc) is 3.05. The van der Waals surface area contributed by atoms with Crippen molar-refractivity contribution in [2.75, 3.05) is 20.7 Å². The minimum Gasteiger partial charge on any atom is -0.465 e. The molecule has 20 heavy (non-hydrogen) atoms. The number of aromatic nitrogens is 1. The monoisotopic (exact) mass is 272 g/mol. The Morgan fingerprint density at radius 1 is 1.50 bits per heavy atom. The van der Waals surface area contributed by atoms with Gasteiger partial charge in [-0.1, -0.05) is 0 Å². The van der Waals surface area contributed by atoms with Gasteiger partial charge in [-0.2, -0.15) is 0 Å². The summed E-state index contributed by atoms with van der Waals surface area (Å²) in [5.74, 6) is -0.281. The Morgan fingerprint density at radius 2 is 2.35 bits per heavy atom. The van der Waals surface area contributed by atoms with Crippen molar-refractivity contribution in [3.8, 4) is 0 Å². The van der Waals surface area contributed by atoms with Gasteiger partial charge in [0.15, 0.2) is 0 Å². The van der Waals surface area contributed by atoms with Crippen LogP contribution in [0, 0.1) is 0 Å².